The molecule has 0 bridgehead atoms. The number of hydrogen-bond donors (Lipinski definition) is 2. The second kappa shape index (κ2) is 6.64. The van der Waals surface area contributed by atoms with E-state index in [0.29, 0.717) is 6.61 Å². The number of carbonyl (C=O) groups excluding carboxylic acids is 1. The molecule has 1 aromatic carbocycles. The molecule has 0 aliphatic rings. The van der Waals surface area contributed by atoms with Crippen molar-refractivity contribution in [1.29, 1.82) is 0 Å². The predicted molar refractivity (Wildman–Crippen MR) is 66.3 cm³/mol. The van der Waals surface area contributed by atoms with Gasteiger partial charge in [-0.2, -0.15) is 0 Å². The van der Waals surface area contributed by atoms with Gasteiger partial charge in [-0.15, -0.1) is 0 Å². The average Bonchev–Trinajstić information content (AvgIpc) is 2.34. The summed E-state index contributed by atoms with van der Waals surface area (Å²) in [6, 6.07) is 1.76. The Hall–Kier alpha value is -2.22. The Balaban J connectivity index is 2.90. The highest BCUT2D eigenvalue weighted by Crippen LogP contribution is 2.27. The van der Waals surface area contributed by atoms with E-state index in [1.807, 2.05) is 0 Å². The van der Waals surface area contributed by atoms with E-state index in [2.05, 4.69) is 5.32 Å². The first-order valence-corrected chi connectivity index (χ1v) is 5.57. The topological polar surface area (TPSA) is 107 Å². The summed E-state index contributed by atoms with van der Waals surface area (Å²) in [7, 11) is 0. The van der Waals surface area contributed by atoms with Gasteiger partial charge in [-0.25, -0.2) is 4.39 Å². The van der Waals surface area contributed by atoms with Crippen LogP contribution in [0, 0.1) is 15.9 Å². The lowest BCUT2D eigenvalue weighted by molar-refractivity contribution is -0.384. The summed E-state index contributed by atoms with van der Waals surface area (Å²) < 4.78 is 18.5. The lowest BCUT2D eigenvalue weighted by Crippen LogP contribution is -2.29. The number of ether oxygens (including phenoxy) is 1. The van der Waals surface area contributed by atoms with Crippen molar-refractivity contribution in [3.8, 4) is 0 Å². The molecule has 0 aromatic heterocycles. The van der Waals surface area contributed by atoms with Gasteiger partial charge in [-0.1, -0.05) is 0 Å². The molecule has 0 saturated carbocycles. The number of nitrogens with two attached hydrogens (primary N) is 1. The molecule has 0 unspecified atom stereocenters. The number of halogens is 1. The summed E-state index contributed by atoms with van der Waals surface area (Å²) in [4.78, 5) is 21.6. The van der Waals surface area contributed by atoms with E-state index in [4.69, 9.17) is 10.5 Å². The lowest BCUT2D eigenvalue weighted by Gasteiger charge is -2.08. The summed E-state index contributed by atoms with van der Waals surface area (Å²) >= 11 is 0. The van der Waals surface area contributed by atoms with Gasteiger partial charge in [0.2, 0.25) is 0 Å². The smallest absolute Gasteiger partial charge is 0.293 e. The van der Waals surface area contributed by atoms with E-state index >= 15 is 0 Å². The molecule has 0 heterocycles. The lowest BCUT2D eigenvalue weighted by atomic mass is 10.1. The Kier molecular flexibility index (Phi) is 5.19. The number of amides is 1. The number of anilines is 1. The predicted octanol–water partition coefficient (Wildman–Crippen LogP) is 1.08. The van der Waals surface area contributed by atoms with Gasteiger partial charge < -0.3 is 15.8 Å². The molecule has 0 aliphatic heterocycles. The van der Waals surface area contributed by atoms with Gasteiger partial charge >= 0.3 is 0 Å². The van der Waals surface area contributed by atoms with Crippen molar-refractivity contribution >= 4 is 17.3 Å². The molecule has 3 N–H and O–H groups in total. The largest absolute Gasteiger partial charge is 0.392 e. The molecule has 8 heteroatoms. The molecule has 1 amide bonds. The molecule has 0 aliphatic carbocycles. The first kappa shape index (κ1) is 14.8. The highest BCUT2D eigenvalue weighted by Gasteiger charge is 2.23. The summed E-state index contributed by atoms with van der Waals surface area (Å²) in [6.07, 6.45) is 0. The number of nitro groups is 1. The fourth-order valence-corrected chi connectivity index (χ4v) is 1.44. The molecule has 0 radical (unpaired) electrons. The van der Waals surface area contributed by atoms with Crippen LogP contribution in [0.15, 0.2) is 12.1 Å². The van der Waals surface area contributed by atoms with Crippen molar-refractivity contribution in [3.63, 3.8) is 0 Å². The molecule has 0 spiro atoms. The van der Waals surface area contributed by atoms with Crippen molar-refractivity contribution in [2.45, 2.75) is 6.92 Å². The maximum absolute atomic E-state index is 13.5. The quantitative estimate of drug-likeness (QED) is 0.348. The monoisotopic (exact) mass is 271 g/mol. The molecular formula is C11H14FN3O4. The van der Waals surface area contributed by atoms with Gasteiger partial charge in [0.15, 0.2) is 0 Å². The molecular weight excluding hydrogens is 257 g/mol. The van der Waals surface area contributed by atoms with Crippen LogP contribution < -0.4 is 11.1 Å². The Morgan fingerprint density at radius 1 is 1.58 bits per heavy atom. The van der Waals surface area contributed by atoms with E-state index in [0.717, 1.165) is 12.1 Å². The zero-order valence-corrected chi connectivity index (χ0v) is 10.3. The molecule has 7 nitrogen and oxygen atoms in total. The maximum Gasteiger partial charge on any atom is 0.293 e. The summed E-state index contributed by atoms with van der Waals surface area (Å²) in [6.45, 7) is 2.70. The Bertz CT molecular complexity index is 493. The number of nitro benzene ring substituents is 1. The van der Waals surface area contributed by atoms with E-state index in [9.17, 15) is 19.3 Å². The van der Waals surface area contributed by atoms with Crippen LogP contribution >= 0.6 is 0 Å². The standard InChI is InChI=1S/C11H14FN3O4/c1-2-19-6-5-14-11(16)9-7(12)3-4-8(10(9)13)15(17)18/h3-4H,2,5-6,13H2,1H3,(H,14,16). The van der Waals surface area contributed by atoms with Gasteiger partial charge in [-0.05, 0) is 13.0 Å². The van der Waals surface area contributed by atoms with E-state index in [1.165, 1.54) is 0 Å². The van der Waals surface area contributed by atoms with E-state index < -0.39 is 33.6 Å². The molecule has 0 atom stereocenters. The minimum absolute atomic E-state index is 0.161. The number of rotatable bonds is 6. The molecule has 1 aromatic rings. The number of carbonyl (C=O) groups is 1. The molecule has 1 rings (SSSR count). The first-order valence-electron chi connectivity index (χ1n) is 5.57. The van der Waals surface area contributed by atoms with Gasteiger partial charge in [0.05, 0.1) is 11.5 Å². The second-order valence-corrected chi connectivity index (χ2v) is 3.57. The van der Waals surface area contributed by atoms with Crippen molar-refractivity contribution < 1.29 is 18.8 Å². The van der Waals surface area contributed by atoms with Crippen LogP contribution in [0.5, 0.6) is 0 Å². The third kappa shape index (κ3) is 3.62. The highest BCUT2D eigenvalue weighted by atomic mass is 19.1. The van der Waals surface area contributed by atoms with Gasteiger partial charge in [0.1, 0.15) is 17.1 Å². The van der Waals surface area contributed by atoms with Crippen molar-refractivity contribution in [2.75, 3.05) is 25.5 Å². The molecule has 19 heavy (non-hydrogen) atoms. The molecule has 0 fully saturated rings. The van der Waals surface area contributed by atoms with Crippen LogP contribution in [-0.4, -0.2) is 30.6 Å². The fraction of sp³-hybridized carbons (Fsp3) is 0.364. The highest BCUT2D eigenvalue weighted by molar-refractivity contribution is 6.01. The number of hydrogen-bond acceptors (Lipinski definition) is 5. The van der Waals surface area contributed by atoms with Crippen LogP contribution in [-0.2, 0) is 4.74 Å². The van der Waals surface area contributed by atoms with Gasteiger partial charge in [0.25, 0.3) is 11.6 Å². The fourth-order valence-electron chi connectivity index (χ4n) is 1.44. The third-order valence-electron chi connectivity index (χ3n) is 2.33. The van der Waals surface area contributed by atoms with Gasteiger partial charge in [-0.3, -0.25) is 14.9 Å². The Morgan fingerprint density at radius 3 is 2.84 bits per heavy atom. The van der Waals surface area contributed by atoms with Crippen LogP contribution in [0.1, 0.15) is 17.3 Å². The van der Waals surface area contributed by atoms with Crippen molar-refractivity contribution in [3.05, 3.63) is 33.6 Å². The minimum Gasteiger partial charge on any atom is -0.392 e. The minimum atomic E-state index is -0.906. The van der Waals surface area contributed by atoms with Gasteiger partial charge in [0, 0.05) is 19.2 Å². The third-order valence-corrected chi connectivity index (χ3v) is 2.33. The number of nitrogen functional groups attached to an aromatic ring is 1. The van der Waals surface area contributed by atoms with Crippen LogP contribution in [0.4, 0.5) is 15.8 Å². The van der Waals surface area contributed by atoms with E-state index in [1.54, 1.807) is 6.92 Å². The van der Waals surface area contributed by atoms with Crippen LogP contribution in [0.25, 0.3) is 0 Å². The Morgan fingerprint density at radius 2 is 2.26 bits per heavy atom. The van der Waals surface area contributed by atoms with E-state index in [-0.39, 0.29) is 13.2 Å². The molecule has 104 valence electrons. The number of nitrogens with zero attached hydrogens (tertiary/aromatic N) is 1. The first-order chi connectivity index (χ1) is 8.99. The summed E-state index contributed by atoms with van der Waals surface area (Å²) in [5, 5.41) is 13.0. The summed E-state index contributed by atoms with van der Waals surface area (Å²) in [5.41, 5.74) is 3.93. The van der Waals surface area contributed by atoms with Crippen molar-refractivity contribution in [2.24, 2.45) is 0 Å². The zero-order valence-electron chi connectivity index (χ0n) is 10.3. The summed E-state index contributed by atoms with van der Waals surface area (Å²) in [5.74, 6) is -1.71. The van der Waals surface area contributed by atoms with Crippen LogP contribution in [0.2, 0.25) is 0 Å². The van der Waals surface area contributed by atoms with Crippen molar-refractivity contribution in [1.82, 2.24) is 5.32 Å². The second-order valence-electron chi connectivity index (χ2n) is 3.57. The zero-order chi connectivity index (χ0) is 14.4. The maximum atomic E-state index is 13.5. The number of benzene rings is 1. The normalized spacial score (nSPS) is 10.2. The SMILES string of the molecule is CCOCCNC(=O)c1c(F)ccc([N+](=O)[O-])c1N. The van der Waals surface area contributed by atoms with Crippen LogP contribution in [0.3, 0.4) is 0 Å². The number of nitrogens with one attached hydrogen (secondary N) is 1. The molecule has 0 saturated heterocycles. The average molecular weight is 271 g/mol. The Labute approximate surface area is 108 Å².